The fraction of sp³-hybridized carbons (Fsp3) is 0.889. The summed E-state index contributed by atoms with van der Waals surface area (Å²) in [6, 6.07) is -0.729. The molecule has 0 spiro atoms. The van der Waals surface area contributed by atoms with Crippen LogP contribution in [0.1, 0.15) is 6.92 Å². The van der Waals surface area contributed by atoms with E-state index in [2.05, 4.69) is 5.32 Å². The van der Waals surface area contributed by atoms with Crippen molar-refractivity contribution in [2.24, 2.45) is 0 Å². The molecule has 0 bridgehead atoms. The van der Waals surface area contributed by atoms with Gasteiger partial charge in [0.05, 0.1) is 12.1 Å². The van der Waals surface area contributed by atoms with Gasteiger partial charge in [-0.3, -0.25) is 4.79 Å². The lowest BCUT2D eigenvalue weighted by molar-refractivity contribution is -0.259. The molecule has 1 saturated heterocycles. The molecular weight excluding hydrogens is 218 g/mol. The van der Waals surface area contributed by atoms with Crippen molar-refractivity contribution in [3.05, 3.63) is 0 Å². The largest absolute Gasteiger partial charge is 0.388 e. The van der Waals surface area contributed by atoms with Crippen LogP contribution in [-0.2, 0) is 14.3 Å². The predicted octanol–water partition coefficient (Wildman–Crippen LogP) is -2.42. The Labute approximate surface area is 93.0 Å². The van der Waals surface area contributed by atoms with E-state index in [1.165, 1.54) is 7.11 Å². The molecule has 0 aromatic carbocycles. The molecule has 1 amide bonds. The van der Waals surface area contributed by atoms with Gasteiger partial charge in [-0.2, -0.15) is 0 Å². The summed E-state index contributed by atoms with van der Waals surface area (Å²) in [6.07, 6.45) is -3.84. The van der Waals surface area contributed by atoms with Gasteiger partial charge in [0.15, 0.2) is 6.29 Å². The molecule has 0 saturated carbocycles. The summed E-state index contributed by atoms with van der Waals surface area (Å²) in [5, 5.41) is 30.3. The van der Waals surface area contributed by atoms with E-state index in [1.807, 2.05) is 0 Å². The van der Waals surface area contributed by atoms with E-state index in [4.69, 9.17) is 14.6 Å². The summed E-state index contributed by atoms with van der Waals surface area (Å²) in [7, 11) is 1.32. The Bertz CT molecular complexity index is 248. The van der Waals surface area contributed by atoms with Crippen molar-refractivity contribution in [2.45, 2.75) is 37.6 Å². The van der Waals surface area contributed by atoms with Crippen LogP contribution in [-0.4, -0.2) is 65.6 Å². The van der Waals surface area contributed by atoms with Gasteiger partial charge in [-0.15, -0.1) is 0 Å². The molecule has 5 atom stereocenters. The van der Waals surface area contributed by atoms with Crippen LogP contribution in [0.5, 0.6) is 0 Å². The van der Waals surface area contributed by atoms with Gasteiger partial charge in [0.25, 0.3) is 0 Å². The van der Waals surface area contributed by atoms with Crippen molar-refractivity contribution in [2.75, 3.05) is 13.7 Å². The number of nitrogens with one attached hydrogen (secondary N) is 1. The van der Waals surface area contributed by atoms with Crippen LogP contribution in [0.3, 0.4) is 0 Å². The molecule has 7 nitrogen and oxygen atoms in total. The van der Waals surface area contributed by atoms with Gasteiger partial charge in [-0.05, 0) is 6.92 Å². The number of hydrogen-bond acceptors (Lipinski definition) is 6. The number of methoxy groups -OCH3 is 1. The van der Waals surface area contributed by atoms with E-state index in [0.717, 1.165) is 0 Å². The molecule has 1 heterocycles. The SMILES string of the molecule is COC1C(O)OC(C)C(NC(=O)CO)C1O. The smallest absolute Gasteiger partial charge is 0.246 e. The van der Waals surface area contributed by atoms with Crippen LogP contribution in [0.2, 0.25) is 0 Å². The summed E-state index contributed by atoms with van der Waals surface area (Å²) >= 11 is 0. The Morgan fingerprint density at radius 1 is 1.50 bits per heavy atom. The molecule has 0 radical (unpaired) electrons. The Morgan fingerprint density at radius 2 is 2.12 bits per heavy atom. The third kappa shape index (κ3) is 2.69. The minimum absolute atomic E-state index is 0.577. The van der Waals surface area contributed by atoms with E-state index < -0.39 is 43.2 Å². The fourth-order valence-corrected chi connectivity index (χ4v) is 1.72. The molecule has 1 fully saturated rings. The maximum atomic E-state index is 11.0. The number of carbonyl (C=O) groups excluding carboxylic acids is 1. The Morgan fingerprint density at radius 3 is 2.62 bits per heavy atom. The maximum absolute atomic E-state index is 11.0. The van der Waals surface area contributed by atoms with E-state index >= 15 is 0 Å². The van der Waals surface area contributed by atoms with E-state index in [0.29, 0.717) is 0 Å². The van der Waals surface area contributed by atoms with Gasteiger partial charge in [-0.1, -0.05) is 0 Å². The average molecular weight is 235 g/mol. The summed E-state index contributed by atoms with van der Waals surface area (Å²) in [6.45, 7) is 0.927. The number of amides is 1. The monoisotopic (exact) mass is 235 g/mol. The Kier molecular flexibility index (Phi) is 4.63. The minimum atomic E-state index is -1.24. The molecule has 5 unspecified atom stereocenters. The van der Waals surface area contributed by atoms with Crippen LogP contribution >= 0.6 is 0 Å². The second-order valence-corrected chi connectivity index (χ2v) is 3.67. The topological polar surface area (TPSA) is 108 Å². The zero-order valence-electron chi connectivity index (χ0n) is 9.16. The van der Waals surface area contributed by atoms with Crippen molar-refractivity contribution in [3.8, 4) is 0 Å². The number of rotatable bonds is 3. The first kappa shape index (κ1) is 13.3. The molecule has 1 aliphatic heterocycles. The molecule has 4 N–H and O–H groups in total. The molecule has 1 aliphatic rings. The molecule has 0 aromatic heterocycles. The van der Waals surface area contributed by atoms with E-state index in [-0.39, 0.29) is 0 Å². The number of aliphatic hydroxyl groups is 3. The highest BCUT2D eigenvalue weighted by molar-refractivity contribution is 5.77. The first-order valence-electron chi connectivity index (χ1n) is 4.96. The lowest BCUT2D eigenvalue weighted by atomic mass is 9.97. The van der Waals surface area contributed by atoms with Gasteiger partial charge >= 0.3 is 0 Å². The quantitative estimate of drug-likeness (QED) is 0.433. The third-order valence-electron chi connectivity index (χ3n) is 2.59. The highest BCUT2D eigenvalue weighted by Gasteiger charge is 2.43. The number of hydrogen-bond donors (Lipinski definition) is 4. The van der Waals surface area contributed by atoms with Gasteiger partial charge in [0.1, 0.15) is 18.8 Å². The van der Waals surface area contributed by atoms with Crippen LogP contribution in [0.4, 0.5) is 0 Å². The van der Waals surface area contributed by atoms with Gasteiger partial charge in [-0.25, -0.2) is 0 Å². The molecule has 0 aliphatic carbocycles. The summed E-state index contributed by atoms with van der Waals surface area (Å²) in [5.41, 5.74) is 0. The predicted molar refractivity (Wildman–Crippen MR) is 52.4 cm³/mol. The van der Waals surface area contributed by atoms with Crippen LogP contribution < -0.4 is 5.32 Å². The van der Waals surface area contributed by atoms with Crippen molar-refractivity contribution in [1.29, 1.82) is 0 Å². The normalized spacial score (nSPS) is 39.4. The van der Waals surface area contributed by atoms with Crippen molar-refractivity contribution < 1.29 is 29.6 Å². The van der Waals surface area contributed by atoms with E-state index in [9.17, 15) is 15.0 Å². The molecule has 94 valence electrons. The second kappa shape index (κ2) is 5.55. The van der Waals surface area contributed by atoms with E-state index in [1.54, 1.807) is 6.92 Å². The molecule has 0 aromatic rings. The summed E-state index contributed by atoms with van der Waals surface area (Å²) < 4.78 is 9.96. The van der Waals surface area contributed by atoms with Gasteiger partial charge in [0.2, 0.25) is 5.91 Å². The molecular formula is C9H17NO6. The molecule has 1 rings (SSSR count). The Balaban J connectivity index is 2.70. The first-order chi connectivity index (χ1) is 7.51. The standard InChI is InChI=1S/C9H17NO6/c1-4-6(10-5(12)3-11)7(13)8(15-2)9(14)16-4/h4,6-9,11,13-14H,3H2,1-2H3,(H,10,12). The van der Waals surface area contributed by atoms with Crippen molar-refractivity contribution >= 4 is 5.91 Å². The zero-order valence-corrected chi connectivity index (χ0v) is 9.16. The van der Waals surface area contributed by atoms with Gasteiger partial charge < -0.3 is 30.1 Å². The van der Waals surface area contributed by atoms with Crippen molar-refractivity contribution in [3.63, 3.8) is 0 Å². The average Bonchev–Trinajstić information content (AvgIpc) is 2.24. The molecule has 16 heavy (non-hydrogen) atoms. The lowest BCUT2D eigenvalue weighted by Crippen LogP contribution is -2.63. The van der Waals surface area contributed by atoms with Crippen LogP contribution in [0.25, 0.3) is 0 Å². The van der Waals surface area contributed by atoms with Crippen LogP contribution in [0, 0.1) is 0 Å². The minimum Gasteiger partial charge on any atom is -0.388 e. The fourth-order valence-electron chi connectivity index (χ4n) is 1.72. The Hall–Kier alpha value is -0.730. The number of carbonyl (C=O) groups is 1. The number of aliphatic hydroxyl groups excluding tert-OH is 3. The summed E-state index contributed by atoms with van der Waals surface area (Å²) in [5.74, 6) is -0.620. The lowest BCUT2D eigenvalue weighted by Gasteiger charge is -2.41. The second-order valence-electron chi connectivity index (χ2n) is 3.67. The highest BCUT2D eigenvalue weighted by Crippen LogP contribution is 2.21. The third-order valence-corrected chi connectivity index (χ3v) is 2.59. The highest BCUT2D eigenvalue weighted by atomic mass is 16.6. The van der Waals surface area contributed by atoms with Crippen LogP contribution in [0.15, 0.2) is 0 Å². The van der Waals surface area contributed by atoms with Crippen molar-refractivity contribution in [1.82, 2.24) is 5.32 Å². The number of ether oxygens (including phenoxy) is 2. The van der Waals surface area contributed by atoms with Gasteiger partial charge in [0, 0.05) is 7.11 Å². The zero-order chi connectivity index (χ0) is 12.3. The maximum Gasteiger partial charge on any atom is 0.246 e. The first-order valence-corrected chi connectivity index (χ1v) is 4.96. The summed E-state index contributed by atoms with van der Waals surface area (Å²) in [4.78, 5) is 11.0. The molecule has 7 heteroatoms.